The molecule has 0 aliphatic heterocycles. The van der Waals surface area contributed by atoms with Crippen LogP contribution in [-0.4, -0.2) is 50.8 Å². The van der Waals surface area contributed by atoms with Crippen LogP contribution in [0.25, 0.3) is 0 Å². The molecule has 1 aliphatic rings. The fourth-order valence-electron chi connectivity index (χ4n) is 4.78. The van der Waals surface area contributed by atoms with Gasteiger partial charge in [0.05, 0.1) is 13.2 Å². The Morgan fingerprint density at radius 1 is 0.897 bits per heavy atom. The van der Waals surface area contributed by atoms with E-state index in [4.69, 9.17) is 9.47 Å². The maximum Gasteiger partial charge on any atom is 0.220 e. The summed E-state index contributed by atoms with van der Waals surface area (Å²) in [4.78, 5) is 23.9. The van der Waals surface area contributed by atoms with Crippen molar-refractivity contribution in [2.75, 3.05) is 33.4 Å². The molecule has 0 unspecified atom stereocenters. The van der Waals surface area contributed by atoms with Crippen LogP contribution in [0, 0.1) is 10.8 Å². The normalized spacial score (nSPS) is 17.2. The second-order valence-electron chi connectivity index (χ2n) is 10.2. The van der Waals surface area contributed by atoms with Crippen molar-refractivity contribution in [3.8, 4) is 0 Å². The minimum absolute atomic E-state index is 0.0334. The molecule has 0 aromatic rings. The van der Waals surface area contributed by atoms with E-state index in [9.17, 15) is 9.59 Å². The van der Waals surface area contributed by atoms with Crippen molar-refractivity contribution in [1.82, 2.24) is 10.6 Å². The standard InChI is InChI=1S/C23H44N2O4/c1-19(26)16-21(2,3)18-22(4,5)17-20(27)25-13-15-29-23(28-14-12-24-6)10-8-7-9-11-23/h24H,7-18H2,1-6H3,(H,25,27). The molecule has 1 aliphatic carbocycles. The van der Waals surface area contributed by atoms with Gasteiger partial charge in [-0.3, -0.25) is 4.79 Å². The third-order valence-corrected chi connectivity index (χ3v) is 5.45. The van der Waals surface area contributed by atoms with Crippen LogP contribution in [0.4, 0.5) is 0 Å². The molecule has 0 bridgehead atoms. The highest BCUT2D eigenvalue weighted by molar-refractivity contribution is 5.77. The summed E-state index contributed by atoms with van der Waals surface area (Å²) < 4.78 is 12.2. The molecule has 0 heterocycles. The predicted octanol–water partition coefficient (Wildman–Crippen LogP) is 3.83. The number of ketones is 1. The highest BCUT2D eigenvalue weighted by Gasteiger charge is 2.34. The van der Waals surface area contributed by atoms with E-state index in [2.05, 4.69) is 38.3 Å². The van der Waals surface area contributed by atoms with Gasteiger partial charge in [-0.05, 0) is 44.1 Å². The van der Waals surface area contributed by atoms with E-state index >= 15 is 0 Å². The quantitative estimate of drug-likeness (QED) is 0.335. The molecule has 6 heteroatoms. The van der Waals surface area contributed by atoms with E-state index < -0.39 is 5.79 Å². The predicted molar refractivity (Wildman–Crippen MR) is 117 cm³/mol. The SMILES string of the molecule is CNCCOC1(OCCNC(=O)CC(C)(C)CC(C)(C)CC(C)=O)CCCCC1. The second kappa shape index (κ2) is 12.0. The van der Waals surface area contributed by atoms with Gasteiger partial charge < -0.3 is 24.9 Å². The highest BCUT2D eigenvalue weighted by Crippen LogP contribution is 2.38. The molecule has 0 radical (unpaired) electrons. The van der Waals surface area contributed by atoms with Crippen LogP contribution in [0.3, 0.4) is 0 Å². The van der Waals surface area contributed by atoms with Crippen molar-refractivity contribution in [1.29, 1.82) is 0 Å². The van der Waals surface area contributed by atoms with Crippen LogP contribution in [-0.2, 0) is 19.1 Å². The van der Waals surface area contributed by atoms with Gasteiger partial charge in [-0.2, -0.15) is 0 Å². The Morgan fingerprint density at radius 2 is 1.45 bits per heavy atom. The van der Waals surface area contributed by atoms with E-state index in [1.54, 1.807) is 6.92 Å². The lowest BCUT2D eigenvalue weighted by Gasteiger charge is -2.37. The minimum atomic E-state index is -0.490. The third kappa shape index (κ3) is 11.1. The molecule has 1 rings (SSSR count). The summed E-state index contributed by atoms with van der Waals surface area (Å²) in [6.45, 7) is 12.4. The van der Waals surface area contributed by atoms with Crippen LogP contribution in [0.5, 0.6) is 0 Å². The monoisotopic (exact) mass is 412 g/mol. The number of carbonyl (C=O) groups excluding carboxylic acids is 2. The molecule has 1 amide bonds. The average molecular weight is 413 g/mol. The van der Waals surface area contributed by atoms with Crippen molar-refractivity contribution >= 4 is 11.7 Å². The molecule has 1 saturated carbocycles. The van der Waals surface area contributed by atoms with Gasteiger partial charge in [0.2, 0.25) is 5.91 Å². The van der Waals surface area contributed by atoms with Crippen LogP contribution in [0.1, 0.15) is 86.0 Å². The molecule has 0 atom stereocenters. The lowest BCUT2D eigenvalue weighted by atomic mass is 9.71. The molecular formula is C23H44N2O4. The molecule has 2 N–H and O–H groups in total. The fraction of sp³-hybridized carbons (Fsp3) is 0.913. The summed E-state index contributed by atoms with van der Waals surface area (Å²) in [5.41, 5.74) is -0.262. The summed E-state index contributed by atoms with van der Waals surface area (Å²) in [6, 6.07) is 0. The molecule has 6 nitrogen and oxygen atoms in total. The maximum atomic E-state index is 12.4. The van der Waals surface area contributed by atoms with Crippen LogP contribution >= 0.6 is 0 Å². The van der Waals surface area contributed by atoms with Gasteiger partial charge in [0.1, 0.15) is 5.78 Å². The molecule has 29 heavy (non-hydrogen) atoms. The Labute approximate surface area is 177 Å². The van der Waals surface area contributed by atoms with Gasteiger partial charge in [0, 0.05) is 38.8 Å². The molecule has 0 aromatic carbocycles. The fourth-order valence-corrected chi connectivity index (χ4v) is 4.78. The summed E-state index contributed by atoms with van der Waals surface area (Å²) in [7, 11) is 1.91. The van der Waals surface area contributed by atoms with Gasteiger partial charge >= 0.3 is 0 Å². The van der Waals surface area contributed by atoms with Crippen molar-refractivity contribution < 1.29 is 19.1 Å². The van der Waals surface area contributed by atoms with Gasteiger partial charge in [-0.25, -0.2) is 0 Å². The number of carbonyl (C=O) groups is 2. The molecule has 0 saturated heterocycles. The van der Waals surface area contributed by atoms with Crippen LogP contribution in [0.15, 0.2) is 0 Å². The first-order valence-electron chi connectivity index (χ1n) is 11.2. The Morgan fingerprint density at radius 3 is 2.00 bits per heavy atom. The topological polar surface area (TPSA) is 76.7 Å². The zero-order chi connectivity index (χ0) is 22.0. The number of Topliss-reactive ketones (excluding diaryl/α,β-unsaturated/α-hetero) is 1. The summed E-state index contributed by atoms with van der Waals surface area (Å²) >= 11 is 0. The smallest absolute Gasteiger partial charge is 0.220 e. The first kappa shape index (κ1) is 26.1. The Hall–Kier alpha value is -0.980. The number of ether oxygens (including phenoxy) is 2. The average Bonchev–Trinajstić information content (AvgIpc) is 2.57. The number of amides is 1. The number of hydrogen-bond acceptors (Lipinski definition) is 5. The van der Waals surface area contributed by atoms with Gasteiger partial charge in [-0.15, -0.1) is 0 Å². The third-order valence-electron chi connectivity index (χ3n) is 5.45. The molecule has 0 spiro atoms. The maximum absolute atomic E-state index is 12.4. The Bertz CT molecular complexity index is 511. The zero-order valence-corrected chi connectivity index (χ0v) is 19.6. The molecular weight excluding hydrogens is 368 g/mol. The number of nitrogens with one attached hydrogen (secondary N) is 2. The Balaban J connectivity index is 2.40. The highest BCUT2D eigenvalue weighted by atomic mass is 16.7. The van der Waals surface area contributed by atoms with Gasteiger partial charge in [-0.1, -0.05) is 34.1 Å². The van der Waals surface area contributed by atoms with Gasteiger partial charge in [0.15, 0.2) is 5.79 Å². The minimum Gasteiger partial charge on any atom is -0.354 e. The lowest BCUT2D eigenvalue weighted by molar-refractivity contribution is -0.250. The van der Waals surface area contributed by atoms with Crippen molar-refractivity contribution in [2.24, 2.45) is 10.8 Å². The largest absolute Gasteiger partial charge is 0.354 e. The molecule has 170 valence electrons. The van der Waals surface area contributed by atoms with E-state index in [1.807, 2.05) is 7.05 Å². The second-order valence-corrected chi connectivity index (χ2v) is 10.2. The first-order chi connectivity index (χ1) is 13.5. The van der Waals surface area contributed by atoms with E-state index in [0.29, 0.717) is 32.6 Å². The van der Waals surface area contributed by atoms with Crippen LogP contribution in [0.2, 0.25) is 0 Å². The summed E-state index contributed by atoms with van der Waals surface area (Å²) in [5.74, 6) is -0.262. The number of rotatable bonds is 14. The van der Waals surface area contributed by atoms with Crippen molar-refractivity contribution in [3.63, 3.8) is 0 Å². The number of hydrogen-bond donors (Lipinski definition) is 2. The van der Waals surface area contributed by atoms with Crippen LogP contribution < -0.4 is 10.6 Å². The lowest BCUT2D eigenvalue weighted by Crippen LogP contribution is -2.42. The summed E-state index contributed by atoms with van der Waals surface area (Å²) in [5, 5.41) is 6.09. The van der Waals surface area contributed by atoms with E-state index in [-0.39, 0.29) is 22.5 Å². The first-order valence-corrected chi connectivity index (χ1v) is 11.2. The summed E-state index contributed by atoms with van der Waals surface area (Å²) in [6.07, 6.45) is 7.12. The van der Waals surface area contributed by atoms with Crippen molar-refractivity contribution in [2.45, 2.75) is 91.8 Å². The van der Waals surface area contributed by atoms with Gasteiger partial charge in [0.25, 0.3) is 0 Å². The Kier molecular flexibility index (Phi) is 10.8. The molecule has 1 fully saturated rings. The molecule has 0 aromatic heterocycles. The van der Waals surface area contributed by atoms with E-state index in [0.717, 1.165) is 38.6 Å². The zero-order valence-electron chi connectivity index (χ0n) is 19.6. The van der Waals surface area contributed by atoms with Crippen molar-refractivity contribution in [3.05, 3.63) is 0 Å². The number of likely N-dealkylation sites (N-methyl/N-ethyl adjacent to an activating group) is 1. The van der Waals surface area contributed by atoms with E-state index in [1.165, 1.54) is 6.42 Å².